The zero-order chi connectivity index (χ0) is 39.4. The van der Waals surface area contributed by atoms with Crippen LogP contribution < -0.4 is 4.90 Å². The average Bonchev–Trinajstić information content (AvgIpc) is 3.38. The van der Waals surface area contributed by atoms with E-state index < -0.39 is 71.7 Å². The quantitative estimate of drug-likeness (QED) is 0.307. The predicted molar refractivity (Wildman–Crippen MR) is 203 cm³/mol. The van der Waals surface area contributed by atoms with E-state index in [1.54, 1.807) is 31.9 Å². The summed E-state index contributed by atoms with van der Waals surface area (Å²) in [6.07, 6.45) is -0.495. The molecule has 12 atom stereocenters. The molecule has 1 amide bonds. The molecule has 12 heteroatoms. The van der Waals surface area contributed by atoms with Crippen molar-refractivity contribution in [3.63, 3.8) is 0 Å². The molecule has 298 valence electrons. The number of anilines is 1. The highest BCUT2D eigenvalue weighted by Crippen LogP contribution is 2.43. The molecule has 53 heavy (non-hydrogen) atoms. The molecule has 2 fully saturated rings. The van der Waals surface area contributed by atoms with E-state index in [1.165, 1.54) is 0 Å². The number of aliphatic hydroxyl groups excluding tert-OH is 1. The first-order valence-electron chi connectivity index (χ1n) is 19.3. The first-order valence-corrected chi connectivity index (χ1v) is 19.3. The lowest BCUT2D eigenvalue weighted by molar-refractivity contribution is -0.294. The lowest BCUT2D eigenvalue weighted by atomic mass is 9.74. The van der Waals surface area contributed by atoms with Gasteiger partial charge in [0.25, 0.3) is 0 Å². The highest BCUT2D eigenvalue weighted by atomic mass is 16.7. The Morgan fingerprint density at radius 1 is 1.04 bits per heavy atom. The number of nitrogens with zero attached hydrogens (tertiary/aromatic N) is 3. The number of hydrogen-bond donors (Lipinski definition) is 1. The third-order valence-electron chi connectivity index (χ3n) is 11.9. The number of rotatable bonds is 10. The lowest BCUT2D eigenvalue weighted by Gasteiger charge is -2.47. The maximum Gasteiger partial charge on any atom is 0.410 e. The Balaban J connectivity index is 1.71. The van der Waals surface area contributed by atoms with Crippen molar-refractivity contribution >= 4 is 23.5 Å². The summed E-state index contributed by atoms with van der Waals surface area (Å²) < 4.78 is 31.5. The van der Waals surface area contributed by atoms with Crippen molar-refractivity contribution in [2.24, 2.45) is 17.8 Å². The van der Waals surface area contributed by atoms with Crippen LogP contribution in [0.4, 0.5) is 10.5 Å². The van der Waals surface area contributed by atoms with Gasteiger partial charge in [0.1, 0.15) is 18.0 Å². The number of aliphatic hydroxyl groups is 1. The molecule has 1 N–H and O–H groups in total. The normalized spacial score (nSPS) is 38.4. The summed E-state index contributed by atoms with van der Waals surface area (Å²) in [6.45, 7) is 15.9. The summed E-state index contributed by atoms with van der Waals surface area (Å²) >= 11 is 0. The molecule has 0 saturated carbocycles. The Bertz CT molecular complexity index is 1440. The van der Waals surface area contributed by atoms with Gasteiger partial charge in [-0.3, -0.25) is 4.79 Å². The largest absolute Gasteiger partial charge is 0.455 e. The molecule has 0 bridgehead atoms. The Kier molecular flexibility index (Phi) is 14.2. The second-order valence-corrected chi connectivity index (χ2v) is 16.3. The maximum absolute atomic E-state index is 14.6. The van der Waals surface area contributed by atoms with Crippen LogP contribution in [0.3, 0.4) is 0 Å². The van der Waals surface area contributed by atoms with E-state index in [0.29, 0.717) is 37.9 Å². The number of hydrogen-bond acceptors (Lipinski definition) is 11. The van der Waals surface area contributed by atoms with Gasteiger partial charge in [0.05, 0.1) is 23.9 Å². The van der Waals surface area contributed by atoms with Gasteiger partial charge in [-0.15, -0.1) is 0 Å². The van der Waals surface area contributed by atoms with E-state index in [2.05, 4.69) is 4.90 Å². The van der Waals surface area contributed by atoms with Crippen LogP contribution in [0.2, 0.25) is 0 Å². The number of cyclic esters (lactones) is 1. The van der Waals surface area contributed by atoms with Crippen LogP contribution >= 0.6 is 0 Å². The summed E-state index contributed by atoms with van der Waals surface area (Å²) in [6, 6.07) is 9.11. The summed E-state index contributed by atoms with van der Waals surface area (Å²) in [4.78, 5) is 48.0. The molecule has 0 spiro atoms. The minimum absolute atomic E-state index is 0.0687. The molecule has 1 unspecified atom stereocenters. The first-order chi connectivity index (χ1) is 24.9. The van der Waals surface area contributed by atoms with Crippen molar-refractivity contribution in [3.05, 3.63) is 42.0 Å². The fourth-order valence-electron chi connectivity index (χ4n) is 8.90. The fraction of sp³-hybridized carbons (Fsp3) is 0.732. The zero-order valence-electron chi connectivity index (χ0n) is 34.0. The Labute approximate surface area is 317 Å². The van der Waals surface area contributed by atoms with Crippen molar-refractivity contribution in [2.75, 3.05) is 46.2 Å². The number of benzene rings is 1. The Morgan fingerprint density at radius 2 is 1.70 bits per heavy atom. The van der Waals surface area contributed by atoms with Crippen LogP contribution in [0, 0.1) is 17.8 Å². The van der Waals surface area contributed by atoms with Gasteiger partial charge in [-0.2, -0.15) is 0 Å². The van der Waals surface area contributed by atoms with E-state index in [1.807, 2.05) is 97.9 Å². The van der Waals surface area contributed by atoms with Gasteiger partial charge in [-0.25, -0.2) is 9.59 Å². The summed E-state index contributed by atoms with van der Waals surface area (Å²) in [7, 11) is 7.43. The van der Waals surface area contributed by atoms with Gasteiger partial charge in [-0.1, -0.05) is 52.0 Å². The molecule has 1 aromatic carbocycles. The monoisotopic (exact) mass is 743 g/mol. The molecule has 0 radical (unpaired) electrons. The van der Waals surface area contributed by atoms with E-state index in [-0.39, 0.29) is 24.3 Å². The summed E-state index contributed by atoms with van der Waals surface area (Å²) in [5, 5.41) is 11.4. The van der Waals surface area contributed by atoms with Crippen molar-refractivity contribution in [1.82, 2.24) is 9.80 Å². The van der Waals surface area contributed by atoms with Crippen LogP contribution in [0.25, 0.3) is 0 Å². The van der Waals surface area contributed by atoms with Gasteiger partial charge >= 0.3 is 12.1 Å². The van der Waals surface area contributed by atoms with Crippen LogP contribution in [-0.4, -0.2) is 128 Å². The van der Waals surface area contributed by atoms with E-state index >= 15 is 0 Å². The molecular weight excluding hydrogens is 678 g/mol. The minimum atomic E-state index is -1.29. The molecule has 12 nitrogen and oxygen atoms in total. The number of carbonyl (C=O) groups is 3. The number of amides is 1. The number of ether oxygens (including phenoxy) is 5. The lowest BCUT2D eigenvalue weighted by Crippen LogP contribution is -2.59. The second-order valence-electron chi connectivity index (χ2n) is 16.3. The van der Waals surface area contributed by atoms with Gasteiger partial charge in [0.15, 0.2) is 11.9 Å². The molecule has 3 aliphatic heterocycles. The molecule has 3 aliphatic rings. The molecule has 0 aliphatic carbocycles. The highest BCUT2D eigenvalue weighted by molar-refractivity contribution is 5.88. The Morgan fingerprint density at radius 3 is 2.30 bits per heavy atom. The Hall–Kier alpha value is -3.03. The molecular formula is C41H65N3O9. The molecule has 0 aromatic heterocycles. The number of Topliss-reactive ketones (excluding diaryl/α,β-unsaturated/α-hetero) is 1. The SMILES string of the molecule is CCC1OC(=O)/C(C)=C/[C@H](C)[C@@H](O[C@@H]2O[C@H](C)C[C@H](N(C)C)[C@H]2O)[C@](C)(OC)C[C@@H](C)C(=O)[C@H](C)[C@H]2N(CCCN(C)c3ccccc3)C(=O)O[C@]12C. The summed E-state index contributed by atoms with van der Waals surface area (Å²) in [5.74, 6) is -2.26. The molecule has 3 heterocycles. The van der Waals surface area contributed by atoms with Crippen molar-refractivity contribution in [3.8, 4) is 0 Å². The van der Waals surface area contributed by atoms with Crippen molar-refractivity contribution in [2.45, 2.75) is 135 Å². The van der Waals surface area contributed by atoms with Gasteiger partial charge in [0, 0.05) is 62.3 Å². The zero-order valence-corrected chi connectivity index (χ0v) is 34.0. The van der Waals surface area contributed by atoms with Crippen molar-refractivity contribution < 1.29 is 43.2 Å². The predicted octanol–water partition coefficient (Wildman–Crippen LogP) is 5.46. The van der Waals surface area contributed by atoms with Gasteiger partial charge in [0.2, 0.25) is 0 Å². The highest BCUT2D eigenvalue weighted by Gasteiger charge is 2.60. The standard InChI is InChI=1S/C41H65N3O9/c1-13-32-41(8)35(44(39(48)53-41)21-17-20-43(11)30-18-15-14-16-19-30)29(6)33(45)27(4)24-40(7,49-12)36(25(2)22-26(3)37(47)51-32)52-38-34(46)31(42(9)10)23-28(5)50-38/h14-16,18-19,22,25,27-29,31-32,34-36,38,46H,13,17,20-21,23-24H2,1-12H3/b26-22+/t25-,27+,28+,29-,31-,32?,34+,35+,36+,38-,40+,41+/m0/s1. The van der Waals surface area contributed by atoms with Crippen LogP contribution in [0.15, 0.2) is 42.0 Å². The summed E-state index contributed by atoms with van der Waals surface area (Å²) in [5.41, 5.74) is -0.934. The van der Waals surface area contributed by atoms with E-state index in [9.17, 15) is 19.5 Å². The first kappa shape index (κ1) is 42.7. The second kappa shape index (κ2) is 17.6. The van der Waals surface area contributed by atoms with Gasteiger partial charge in [-0.05, 0) is 79.6 Å². The maximum atomic E-state index is 14.6. The fourth-order valence-corrected chi connectivity index (χ4v) is 8.90. The van der Waals surface area contributed by atoms with E-state index in [0.717, 1.165) is 5.69 Å². The average molecular weight is 744 g/mol. The smallest absolute Gasteiger partial charge is 0.410 e. The third-order valence-corrected chi connectivity index (χ3v) is 11.9. The number of para-hydroxylation sites is 1. The topological polar surface area (TPSA) is 127 Å². The van der Waals surface area contributed by atoms with Crippen LogP contribution in [0.1, 0.15) is 81.1 Å². The number of methoxy groups -OCH3 is 1. The molecule has 2 saturated heterocycles. The molecule has 4 rings (SSSR count). The number of fused-ring (bicyclic) bond motifs is 1. The van der Waals surface area contributed by atoms with Crippen LogP contribution in [-0.2, 0) is 33.3 Å². The minimum Gasteiger partial charge on any atom is -0.455 e. The number of ketones is 1. The third kappa shape index (κ3) is 9.27. The number of carbonyl (C=O) groups excluding carboxylic acids is 3. The van der Waals surface area contributed by atoms with E-state index in [4.69, 9.17) is 23.7 Å². The number of likely N-dealkylation sites (N-methyl/N-ethyl adjacent to an activating group) is 1. The van der Waals surface area contributed by atoms with Gasteiger partial charge < -0.3 is 43.5 Å². The van der Waals surface area contributed by atoms with Crippen molar-refractivity contribution in [1.29, 1.82) is 0 Å². The number of esters is 1. The van der Waals surface area contributed by atoms with Crippen LogP contribution in [0.5, 0.6) is 0 Å². The molecule has 1 aromatic rings.